The number of carbonyl (C=O) groups is 5. The molecule has 16 nitrogen and oxygen atoms in total. The van der Waals surface area contributed by atoms with E-state index in [0.29, 0.717) is 19.4 Å². The molecule has 0 fully saturated rings. The predicted molar refractivity (Wildman–Crippen MR) is 165 cm³/mol. The van der Waals surface area contributed by atoms with E-state index >= 15 is 0 Å². The molecule has 2 aromatic rings. The van der Waals surface area contributed by atoms with Crippen LogP contribution in [0.15, 0.2) is 35.5 Å². The van der Waals surface area contributed by atoms with Crippen LogP contribution in [0.2, 0.25) is 0 Å². The van der Waals surface area contributed by atoms with Crippen molar-refractivity contribution in [1.82, 2.24) is 20.9 Å². The van der Waals surface area contributed by atoms with Gasteiger partial charge in [-0.3, -0.25) is 24.2 Å². The van der Waals surface area contributed by atoms with E-state index in [0.717, 1.165) is 16.5 Å². The van der Waals surface area contributed by atoms with E-state index in [-0.39, 0.29) is 51.0 Å². The maximum absolute atomic E-state index is 13.4. The zero-order chi connectivity index (χ0) is 32.6. The number of aromatic amines is 1. The Morgan fingerprint density at radius 3 is 2.09 bits per heavy atom. The van der Waals surface area contributed by atoms with Gasteiger partial charge >= 0.3 is 5.97 Å². The highest BCUT2D eigenvalue weighted by Gasteiger charge is 2.30. The van der Waals surface area contributed by atoms with Crippen molar-refractivity contribution in [3.8, 4) is 0 Å². The molecule has 2 rings (SSSR count). The number of carboxylic acid groups (broad SMARTS) is 1. The van der Waals surface area contributed by atoms with Gasteiger partial charge in [-0.25, -0.2) is 4.79 Å². The first-order valence-electron chi connectivity index (χ1n) is 14.4. The molecule has 0 spiro atoms. The van der Waals surface area contributed by atoms with Gasteiger partial charge in [0.2, 0.25) is 23.6 Å². The maximum Gasteiger partial charge on any atom is 0.326 e. The SMILES string of the molecule is NCCCCC(NC(=O)C(CCC(N)=O)NC(=O)C(N)Cc1c[nH]c2ccccc12)C(=O)NC(CCCN=C(N)N)C(=O)O. The average Bonchev–Trinajstić information content (AvgIpc) is 3.38. The van der Waals surface area contributed by atoms with Crippen LogP contribution in [0.4, 0.5) is 0 Å². The molecule has 4 amide bonds. The number of guanidine groups is 1. The summed E-state index contributed by atoms with van der Waals surface area (Å²) in [6.45, 7) is 0.513. The van der Waals surface area contributed by atoms with E-state index in [1.807, 2.05) is 24.3 Å². The highest BCUT2D eigenvalue weighted by Crippen LogP contribution is 2.19. The number of hydrogen-bond acceptors (Lipinski definition) is 8. The smallest absolute Gasteiger partial charge is 0.326 e. The number of aliphatic imine (C=N–C) groups is 1. The standard InChI is InChI=1S/C28H44N10O6/c29-12-4-3-8-20(25(41)38-22(27(43)44)9-5-13-34-28(32)33)37-26(42)21(10-11-23(31)39)36-24(40)18(30)14-16-15-35-19-7-2-1-6-17(16)19/h1-2,6-7,15,18,20-22,35H,3-5,8-14,29-30H2,(H2,31,39)(H,36,40)(H,37,42)(H,38,41)(H,43,44)(H4,32,33,34). The maximum atomic E-state index is 13.4. The number of primary amides is 1. The fraction of sp³-hybridized carbons (Fsp3) is 0.500. The second-order valence-corrected chi connectivity index (χ2v) is 10.4. The van der Waals surface area contributed by atoms with Gasteiger partial charge in [0.15, 0.2) is 5.96 Å². The summed E-state index contributed by atoms with van der Waals surface area (Å²) in [5, 5.41) is 18.1. The fourth-order valence-electron chi connectivity index (χ4n) is 4.53. The van der Waals surface area contributed by atoms with E-state index in [2.05, 4.69) is 25.9 Å². The number of rotatable bonds is 20. The van der Waals surface area contributed by atoms with Crippen LogP contribution >= 0.6 is 0 Å². The molecule has 4 atom stereocenters. The summed E-state index contributed by atoms with van der Waals surface area (Å²) in [6.07, 6.45) is 3.01. The molecule has 15 N–H and O–H groups in total. The Balaban J connectivity index is 2.13. The van der Waals surface area contributed by atoms with Crippen molar-refractivity contribution in [2.24, 2.45) is 33.7 Å². The van der Waals surface area contributed by atoms with E-state index in [4.69, 9.17) is 28.7 Å². The van der Waals surface area contributed by atoms with E-state index in [1.54, 1.807) is 6.20 Å². The molecule has 4 unspecified atom stereocenters. The van der Waals surface area contributed by atoms with Crippen LogP contribution in [0.1, 0.15) is 50.5 Å². The number of benzene rings is 1. The number of aromatic nitrogens is 1. The largest absolute Gasteiger partial charge is 0.480 e. The Kier molecular flexibility index (Phi) is 14.6. The summed E-state index contributed by atoms with van der Waals surface area (Å²) in [7, 11) is 0. The van der Waals surface area contributed by atoms with Crippen molar-refractivity contribution in [1.29, 1.82) is 0 Å². The Hall–Kier alpha value is -4.70. The van der Waals surface area contributed by atoms with Crippen LogP contribution in [-0.4, -0.2) is 82.9 Å². The predicted octanol–water partition coefficient (Wildman–Crippen LogP) is -1.98. The molecule has 1 heterocycles. The number of carboxylic acids is 1. The number of para-hydroxylation sites is 1. The summed E-state index contributed by atoms with van der Waals surface area (Å²) >= 11 is 0. The van der Waals surface area contributed by atoms with Crippen molar-refractivity contribution in [3.05, 3.63) is 36.0 Å². The summed E-state index contributed by atoms with van der Waals surface area (Å²) in [4.78, 5) is 69.8. The first kappa shape index (κ1) is 35.5. The number of nitrogens with two attached hydrogens (primary N) is 5. The van der Waals surface area contributed by atoms with Crippen molar-refractivity contribution in [2.45, 2.75) is 75.5 Å². The van der Waals surface area contributed by atoms with E-state index in [1.165, 1.54) is 0 Å². The van der Waals surface area contributed by atoms with Crippen LogP contribution < -0.4 is 44.6 Å². The van der Waals surface area contributed by atoms with Crippen LogP contribution in [0, 0.1) is 0 Å². The van der Waals surface area contributed by atoms with Gasteiger partial charge in [0.25, 0.3) is 0 Å². The average molecular weight is 617 g/mol. The van der Waals surface area contributed by atoms with Gasteiger partial charge in [0.1, 0.15) is 18.1 Å². The molecule has 1 aromatic carbocycles. The minimum absolute atomic E-state index is 0.0347. The number of nitrogens with zero attached hydrogens (tertiary/aromatic N) is 1. The number of H-pyrrole nitrogens is 1. The molecule has 0 bridgehead atoms. The molecular formula is C28H44N10O6. The van der Waals surface area contributed by atoms with E-state index < -0.39 is 53.8 Å². The van der Waals surface area contributed by atoms with Crippen LogP contribution in [0.25, 0.3) is 10.9 Å². The number of unbranched alkanes of at least 4 members (excludes halogenated alkanes) is 1. The van der Waals surface area contributed by atoms with Crippen LogP contribution in [0.5, 0.6) is 0 Å². The first-order valence-corrected chi connectivity index (χ1v) is 14.4. The normalized spacial score (nSPS) is 13.7. The van der Waals surface area contributed by atoms with Crippen molar-refractivity contribution >= 4 is 46.5 Å². The van der Waals surface area contributed by atoms with Crippen LogP contribution in [0.3, 0.4) is 0 Å². The van der Waals surface area contributed by atoms with Crippen molar-refractivity contribution < 1.29 is 29.1 Å². The van der Waals surface area contributed by atoms with E-state index in [9.17, 15) is 29.1 Å². The number of nitrogens with one attached hydrogen (secondary N) is 4. The Morgan fingerprint density at radius 2 is 1.45 bits per heavy atom. The minimum Gasteiger partial charge on any atom is -0.480 e. The lowest BCUT2D eigenvalue weighted by atomic mass is 10.0. The molecule has 0 saturated carbocycles. The zero-order valence-electron chi connectivity index (χ0n) is 24.6. The third kappa shape index (κ3) is 11.9. The fourth-order valence-corrected chi connectivity index (χ4v) is 4.53. The summed E-state index contributed by atoms with van der Waals surface area (Å²) < 4.78 is 0. The van der Waals surface area contributed by atoms with Gasteiger partial charge in [-0.05, 0) is 63.1 Å². The van der Waals surface area contributed by atoms with Crippen molar-refractivity contribution in [3.63, 3.8) is 0 Å². The first-order chi connectivity index (χ1) is 20.9. The van der Waals surface area contributed by atoms with Crippen LogP contribution in [-0.2, 0) is 30.4 Å². The zero-order valence-corrected chi connectivity index (χ0v) is 24.6. The number of carbonyl (C=O) groups excluding carboxylic acids is 4. The molecule has 0 aliphatic heterocycles. The summed E-state index contributed by atoms with van der Waals surface area (Å²) in [5.74, 6) is -4.24. The Bertz CT molecular complexity index is 1310. The molecule has 242 valence electrons. The third-order valence-electron chi connectivity index (χ3n) is 6.90. The molecular weight excluding hydrogens is 572 g/mol. The van der Waals surface area contributed by atoms with Gasteiger partial charge in [0, 0.05) is 30.1 Å². The highest BCUT2D eigenvalue weighted by atomic mass is 16.4. The minimum atomic E-state index is -1.27. The molecule has 44 heavy (non-hydrogen) atoms. The Morgan fingerprint density at radius 1 is 0.841 bits per heavy atom. The highest BCUT2D eigenvalue weighted by molar-refractivity contribution is 5.94. The lowest BCUT2D eigenvalue weighted by Gasteiger charge is -2.25. The molecule has 0 aliphatic rings. The quantitative estimate of drug-likeness (QED) is 0.0444. The molecule has 0 radical (unpaired) electrons. The van der Waals surface area contributed by atoms with Gasteiger partial charge < -0.3 is 54.7 Å². The molecule has 16 heteroatoms. The summed E-state index contributed by atoms with van der Waals surface area (Å²) in [6, 6.07) is 2.82. The number of fused-ring (bicyclic) bond motifs is 1. The monoisotopic (exact) mass is 616 g/mol. The van der Waals surface area contributed by atoms with Gasteiger partial charge in [0.05, 0.1) is 6.04 Å². The lowest BCUT2D eigenvalue weighted by Crippen LogP contribution is -2.57. The number of aliphatic carboxylic acids is 1. The molecule has 1 aromatic heterocycles. The summed E-state index contributed by atoms with van der Waals surface area (Å²) in [5.41, 5.74) is 29.3. The topological polar surface area (TPSA) is 300 Å². The second kappa shape index (κ2) is 18.1. The lowest BCUT2D eigenvalue weighted by molar-refractivity contribution is -0.142. The third-order valence-corrected chi connectivity index (χ3v) is 6.90. The van der Waals surface area contributed by atoms with Gasteiger partial charge in [-0.2, -0.15) is 0 Å². The van der Waals surface area contributed by atoms with Gasteiger partial charge in [-0.15, -0.1) is 0 Å². The number of hydrogen-bond donors (Lipinski definition) is 10. The Labute approximate surface area is 254 Å². The second-order valence-electron chi connectivity index (χ2n) is 10.4. The van der Waals surface area contributed by atoms with Gasteiger partial charge in [-0.1, -0.05) is 18.2 Å². The number of amides is 4. The molecule has 0 aliphatic carbocycles. The van der Waals surface area contributed by atoms with Crippen molar-refractivity contribution in [2.75, 3.05) is 13.1 Å². The molecule has 0 saturated heterocycles.